The van der Waals surface area contributed by atoms with Gasteiger partial charge in [0, 0.05) is 6.21 Å². The Hall–Kier alpha value is -0.570. The maximum absolute atomic E-state index is 4.69. The summed E-state index contributed by atoms with van der Waals surface area (Å²) in [6, 6.07) is 0. The van der Waals surface area contributed by atoms with Gasteiger partial charge in [-0.15, -0.1) is 0 Å². The van der Waals surface area contributed by atoms with Crippen LogP contribution < -0.4 is 11.4 Å². The quantitative estimate of drug-likeness (QED) is 0.288. The molecule has 0 fully saturated rings. The van der Waals surface area contributed by atoms with E-state index in [0.717, 1.165) is 0 Å². The second-order valence-electron chi connectivity index (χ2n) is 0.516. The monoisotopic (exact) mass is 103 g/mol. The third-order valence-electron chi connectivity index (χ3n) is 0.204. The first-order chi connectivity index (χ1) is 3.41. The lowest BCUT2D eigenvalue weighted by Crippen LogP contribution is -2.12. The molecule has 0 saturated heterocycles. The lowest BCUT2D eigenvalue weighted by Gasteiger charge is -1.76. The summed E-state index contributed by atoms with van der Waals surface area (Å²) in [7, 11) is 0. The molecule has 0 aromatic rings. The fourth-order valence-corrected chi connectivity index (χ4v) is 0.0745. The molecule has 44 valence electrons. The molecule has 3 nitrogen and oxygen atoms in total. The Balaban J connectivity index is 0. The Labute approximate surface area is 44.6 Å². The maximum Gasteiger partial charge on any atom is 0.0227 e. The number of hydrazine groups is 1. The SMILES string of the molecule is C/C=N\NN.CC. The topological polar surface area (TPSA) is 50.4 Å². The van der Waals surface area contributed by atoms with Gasteiger partial charge in [-0.3, -0.25) is 0 Å². The van der Waals surface area contributed by atoms with Crippen LogP contribution in [-0.2, 0) is 0 Å². The molecule has 0 aromatic carbocycles. The van der Waals surface area contributed by atoms with Crippen molar-refractivity contribution in [1.82, 2.24) is 5.53 Å². The van der Waals surface area contributed by atoms with E-state index in [-0.39, 0.29) is 0 Å². The van der Waals surface area contributed by atoms with Gasteiger partial charge in [0.2, 0.25) is 0 Å². The highest BCUT2D eigenvalue weighted by Crippen LogP contribution is 1.38. The first-order valence-electron chi connectivity index (χ1n) is 2.35. The van der Waals surface area contributed by atoms with E-state index < -0.39 is 0 Å². The fraction of sp³-hybridized carbons (Fsp3) is 0.750. The van der Waals surface area contributed by atoms with Crippen LogP contribution in [0.2, 0.25) is 0 Å². The Morgan fingerprint density at radius 1 is 1.57 bits per heavy atom. The van der Waals surface area contributed by atoms with Gasteiger partial charge in [0.05, 0.1) is 0 Å². The van der Waals surface area contributed by atoms with Crippen LogP contribution in [0.5, 0.6) is 0 Å². The van der Waals surface area contributed by atoms with E-state index in [4.69, 9.17) is 5.84 Å². The zero-order valence-corrected chi connectivity index (χ0v) is 5.10. The van der Waals surface area contributed by atoms with Crippen molar-refractivity contribution in [3.63, 3.8) is 0 Å². The van der Waals surface area contributed by atoms with Crippen molar-refractivity contribution >= 4 is 6.21 Å². The van der Waals surface area contributed by atoms with E-state index in [1.54, 1.807) is 13.1 Å². The van der Waals surface area contributed by atoms with Crippen molar-refractivity contribution in [3.05, 3.63) is 0 Å². The molecule has 3 N–H and O–H groups in total. The van der Waals surface area contributed by atoms with Crippen LogP contribution in [0.15, 0.2) is 5.10 Å². The number of nitrogens with two attached hydrogens (primary N) is 1. The largest absolute Gasteiger partial charge is 0.246 e. The standard InChI is InChI=1S/C2H7N3.C2H6/c1-2-4-5-3;1-2/h2,5H,3H2,1H3;1-2H3/b4-2-;. The number of nitrogens with zero attached hydrogens (tertiary/aromatic N) is 1. The summed E-state index contributed by atoms with van der Waals surface area (Å²) in [6.45, 7) is 5.78. The molecule has 0 heterocycles. The summed E-state index contributed by atoms with van der Waals surface area (Å²) in [4.78, 5) is 0. The van der Waals surface area contributed by atoms with Gasteiger partial charge in [-0.2, -0.15) is 5.10 Å². The molecule has 0 rings (SSSR count). The Morgan fingerprint density at radius 3 is 2.00 bits per heavy atom. The molecule has 0 saturated carbocycles. The minimum absolute atomic E-state index is 1.57. The first-order valence-corrected chi connectivity index (χ1v) is 2.35. The van der Waals surface area contributed by atoms with E-state index in [9.17, 15) is 0 Å². The second kappa shape index (κ2) is 18.0. The highest BCUT2D eigenvalue weighted by atomic mass is 15.5. The maximum atomic E-state index is 4.69. The van der Waals surface area contributed by atoms with Gasteiger partial charge in [0.1, 0.15) is 0 Å². The second-order valence-corrected chi connectivity index (χ2v) is 0.516. The molecule has 7 heavy (non-hydrogen) atoms. The average molecular weight is 103 g/mol. The lowest BCUT2D eigenvalue weighted by atomic mass is 10.9. The zero-order valence-electron chi connectivity index (χ0n) is 5.10. The Kier molecular flexibility index (Phi) is 24.9. The fourth-order valence-electron chi connectivity index (χ4n) is 0.0745. The van der Waals surface area contributed by atoms with Crippen molar-refractivity contribution in [1.29, 1.82) is 0 Å². The molecule has 0 atom stereocenters. The van der Waals surface area contributed by atoms with Crippen LogP contribution in [0, 0.1) is 0 Å². The number of rotatable bonds is 1. The number of hydrogen-bond donors (Lipinski definition) is 2. The molecule has 0 spiro atoms. The van der Waals surface area contributed by atoms with E-state index in [1.165, 1.54) is 0 Å². The summed E-state index contributed by atoms with van der Waals surface area (Å²) in [5.41, 5.74) is 2.09. The van der Waals surface area contributed by atoms with E-state index >= 15 is 0 Å². The van der Waals surface area contributed by atoms with Crippen molar-refractivity contribution in [2.24, 2.45) is 10.9 Å². The number of hydrazone groups is 1. The van der Waals surface area contributed by atoms with Crippen LogP contribution in [-0.4, -0.2) is 6.21 Å². The molecule has 0 unspecified atom stereocenters. The van der Waals surface area contributed by atoms with Crippen LogP contribution in [0.3, 0.4) is 0 Å². The van der Waals surface area contributed by atoms with Crippen LogP contribution in [0.25, 0.3) is 0 Å². The Morgan fingerprint density at radius 2 is 2.00 bits per heavy atom. The minimum atomic E-state index is 1.57. The van der Waals surface area contributed by atoms with Crippen molar-refractivity contribution in [2.45, 2.75) is 20.8 Å². The molecular weight excluding hydrogens is 90.1 g/mol. The molecule has 0 amide bonds. The molecular formula is C4H13N3. The summed E-state index contributed by atoms with van der Waals surface area (Å²) >= 11 is 0. The summed E-state index contributed by atoms with van der Waals surface area (Å²) in [5, 5.41) is 3.38. The number of nitrogens with one attached hydrogen (secondary N) is 1. The minimum Gasteiger partial charge on any atom is -0.246 e. The molecule has 0 aliphatic rings. The van der Waals surface area contributed by atoms with Gasteiger partial charge < -0.3 is 0 Å². The first kappa shape index (κ1) is 9.66. The highest BCUT2D eigenvalue weighted by Gasteiger charge is 1.44. The van der Waals surface area contributed by atoms with Gasteiger partial charge in [0.25, 0.3) is 0 Å². The van der Waals surface area contributed by atoms with Crippen molar-refractivity contribution in [3.8, 4) is 0 Å². The van der Waals surface area contributed by atoms with Crippen molar-refractivity contribution < 1.29 is 0 Å². The zero-order chi connectivity index (χ0) is 6.12. The molecule has 0 aliphatic carbocycles. The molecule has 3 heteroatoms. The summed E-state index contributed by atoms with van der Waals surface area (Å²) < 4.78 is 0. The summed E-state index contributed by atoms with van der Waals surface area (Å²) in [5.74, 6) is 4.69. The van der Waals surface area contributed by atoms with Crippen LogP contribution in [0.4, 0.5) is 0 Å². The predicted molar refractivity (Wildman–Crippen MR) is 32.8 cm³/mol. The van der Waals surface area contributed by atoms with Gasteiger partial charge in [0.15, 0.2) is 0 Å². The summed E-state index contributed by atoms with van der Waals surface area (Å²) in [6.07, 6.45) is 1.57. The molecule has 0 aromatic heterocycles. The lowest BCUT2D eigenvalue weighted by molar-refractivity contribution is 0.810. The third kappa shape index (κ3) is 31.2. The Bertz CT molecular complexity index is 33.9. The van der Waals surface area contributed by atoms with E-state index in [2.05, 4.69) is 10.6 Å². The van der Waals surface area contributed by atoms with Crippen molar-refractivity contribution in [2.75, 3.05) is 0 Å². The van der Waals surface area contributed by atoms with Gasteiger partial charge in [-0.25, -0.2) is 11.4 Å². The van der Waals surface area contributed by atoms with Gasteiger partial charge in [-0.05, 0) is 6.92 Å². The normalized spacial score (nSPS) is 7.43. The highest BCUT2D eigenvalue weighted by molar-refractivity contribution is 5.52. The smallest absolute Gasteiger partial charge is 0.0227 e. The third-order valence-corrected chi connectivity index (χ3v) is 0.204. The van der Waals surface area contributed by atoms with E-state index in [1.807, 2.05) is 13.8 Å². The van der Waals surface area contributed by atoms with E-state index in [0.29, 0.717) is 0 Å². The average Bonchev–Trinajstić information content (AvgIpc) is 1.75. The van der Waals surface area contributed by atoms with Crippen LogP contribution in [0.1, 0.15) is 20.8 Å². The predicted octanol–water partition coefficient (Wildman–Crippen LogP) is 0.482. The molecule has 0 aliphatic heterocycles. The molecule has 0 bridgehead atoms. The number of hydrogen-bond acceptors (Lipinski definition) is 3. The van der Waals surface area contributed by atoms with Gasteiger partial charge >= 0.3 is 0 Å². The van der Waals surface area contributed by atoms with Crippen LogP contribution >= 0.6 is 0 Å². The molecule has 0 radical (unpaired) electrons. The van der Waals surface area contributed by atoms with Gasteiger partial charge in [-0.1, -0.05) is 13.8 Å².